The van der Waals surface area contributed by atoms with E-state index in [1.165, 1.54) is 52.6 Å². The number of halogens is 3. The second-order valence-electron chi connectivity index (χ2n) is 31.4. The molecule has 2 fully saturated rings. The molecule has 6 aromatic carbocycles. The number of benzene rings is 6. The normalized spacial score (nSPS) is 13.3. The van der Waals surface area contributed by atoms with Gasteiger partial charge in [-0.05, 0) is 151 Å². The van der Waals surface area contributed by atoms with Crippen LogP contribution in [0.15, 0.2) is 196 Å². The summed E-state index contributed by atoms with van der Waals surface area (Å²) in [5.74, 6) is 4.72. The minimum Gasteiger partial charge on any atom is -0.421 e. The van der Waals surface area contributed by atoms with E-state index in [9.17, 15) is 32.3 Å². The second-order valence-corrected chi connectivity index (χ2v) is 31.4. The predicted molar refractivity (Wildman–Crippen MR) is 492 cm³/mol. The van der Waals surface area contributed by atoms with Crippen LogP contribution < -0.4 is 66.4 Å². The fourth-order valence-corrected chi connectivity index (χ4v) is 15.5. The fraction of sp³-hybridized carbons (Fsp3) is 0.253. The minimum atomic E-state index is -0.570. The number of fused-ring (bicyclic) bond motifs is 4. The number of nitrogens with one attached hydrogen (secondary N) is 4. The highest BCUT2D eigenvalue weighted by molar-refractivity contribution is 5.85. The molecule has 0 bridgehead atoms. The largest absolute Gasteiger partial charge is 0.421 e. The van der Waals surface area contributed by atoms with Crippen LogP contribution in [0.2, 0.25) is 0 Å². The number of nitrogens with two attached hydrogens (primary N) is 4. The van der Waals surface area contributed by atoms with Gasteiger partial charge in [-0.15, -0.1) is 10.2 Å². The van der Waals surface area contributed by atoms with Crippen molar-refractivity contribution in [2.45, 2.75) is 150 Å². The van der Waals surface area contributed by atoms with Gasteiger partial charge in [0.2, 0.25) is 5.89 Å². The summed E-state index contributed by atoms with van der Waals surface area (Å²) < 4.78 is 71.7. The SMILES string of the molecule is CC[C@H](Nc1ncnc(N)c1-c1nc(C)no1)c1nc2cccc(C)c2c(=O)n1C1CC1.CC[C@H](Nc1ncnc(N)c1-c1nc(C)no1)c1nc2cccc(F)c2c(=O)n1C1CC1.CC[C@H](Nc1ncnc(N)c1-c1nc(C)no1)c1nc2ccccc2c(=O)n1-c1ccccc1F.CC[C@H](Nc1ncnc(N)c1-c1nnc(C)o1)c1nc2ccccc2c(=O)n1-c1ccccc1F. The van der Waals surface area contributed by atoms with E-state index in [1.54, 1.807) is 129 Å². The van der Waals surface area contributed by atoms with E-state index in [0.29, 0.717) is 156 Å². The van der Waals surface area contributed by atoms with Gasteiger partial charge < -0.3 is 62.2 Å². The first-order valence-corrected chi connectivity index (χ1v) is 42.9. The van der Waals surface area contributed by atoms with Gasteiger partial charge >= 0.3 is 0 Å². The molecule has 2 aliphatic rings. The zero-order valence-corrected chi connectivity index (χ0v) is 73.6. The lowest BCUT2D eigenvalue weighted by Crippen LogP contribution is -2.29. The van der Waals surface area contributed by atoms with E-state index in [2.05, 4.69) is 107 Å². The summed E-state index contributed by atoms with van der Waals surface area (Å²) in [4.78, 5) is 119. The van der Waals surface area contributed by atoms with Gasteiger partial charge in [0.1, 0.15) is 140 Å². The van der Waals surface area contributed by atoms with E-state index in [-0.39, 0.29) is 104 Å². The van der Waals surface area contributed by atoms with Gasteiger partial charge in [0, 0.05) is 19.0 Å². The van der Waals surface area contributed by atoms with Crippen LogP contribution >= 0.6 is 0 Å². The van der Waals surface area contributed by atoms with Crippen LogP contribution in [0.1, 0.15) is 168 Å². The Kier molecular flexibility index (Phi) is 25.2. The van der Waals surface area contributed by atoms with E-state index in [1.807, 2.05) is 57.4 Å². The zero-order valence-electron chi connectivity index (χ0n) is 73.6. The van der Waals surface area contributed by atoms with Crippen LogP contribution in [0.5, 0.6) is 0 Å². The molecule has 0 aliphatic heterocycles. The Morgan fingerprint density at radius 2 is 0.694 bits per heavy atom. The molecule has 134 heavy (non-hydrogen) atoms. The summed E-state index contributed by atoms with van der Waals surface area (Å²) in [7, 11) is 0. The fourth-order valence-electron chi connectivity index (χ4n) is 15.5. The first-order valence-electron chi connectivity index (χ1n) is 42.9. The van der Waals surface area contributed by atoms with Crippen LogP contribution in [-0.4, -0.2) is 119 Å². The molecule has 0 radical (unpaired) electrons. The van der Waals surface area contributed by atoms with Gasteiger partial charge in [-0.25, -0.2) is 73.0 Å². The van der Waals surface area contributed by atoms with Crippen molar-refractivity contribution in [3.8, 4) is 57.2 Å². The molecule has 0 spiro atoms. The van der Waals surface area contributed by atoms with Crippen molar-refractivity contribution in [1.82, 2.24) is 119 Å². The third-order valence-corrected chi connectivity index (χ3v) is 22.3. The highest BCUT2D eigenvalue weighted by Crippen LogP contribution is 2.43. The average Bonchev–Trinajstić information content (AvgIpc) is 1.48. The van der Waals surface area contributed by atoms with Crippen molar-refractivity contribution in [3.63, 3.8) is 0 Å². The van der Waals surface area contributed by atoms with Gasteiger partial charge in [0.15, 0.2) is 17.5 Å². The van der Waals surface area contributed by atoms with Crippen molar-refractivity contribution in [1.29, 1.82) is 0 Å². The third kappa shape index (κ3) is 17.9. The number of para-hydroxylation sites is 4. The Bertz CT molecular complexity index is 7290. The summed E-state index contributed by atoms with van der Waals surface area (Å²) in [5.41, 5.74) is 27.9. The standard InChI is InChI=1S/2C24H21FN8O2.C22H24N8O2.C21H21FN8O2/c1-3-16(29-21-19(20(26)27-12-28-21)23-32-31-13(2)35-23)22-30-17-10-6-4-8-14(17)24(34)33(22)18-11-7-5-9-15(18)25;1-3-16(30-21-19(20(26)27-12-28-21)23-29-13(2)32-35-23)22-31-17-10-6-4-8-14(17)24(34)33(22)18-11-7-5-9-15(18)25;1-4-14(27-19-17(18(23)24-10-25-19)21-26-12(3)29-32-21)20-28-15-7-5-6-11(2)16(15)22(31)30(20)13-8-9-13;1-3-13(27-18-16(17(23)24-9-25-18)20-26-10(2)29-32-20)19-28-14-6-4-5-12(22)15(14)21(31)30(19)11-7-8-11/h4-12,16H,3H2,1-2H3,(H3,26,27,28,29);4-12,16H,3H2,1-2H3,(H3,26,27,28,30);5-7,10,13-14H,4,8-9H2,1-3H3,(H3,23,24,25,27);4-6,9,11,13H,3,7-8H2,1-2H3,(H3,23,24,25,27)/t2*16-;14-;13-/m0000/s1. The summed E-state index contributed by atoms with van der Waals surface area (Å²) in [6.07, 6.45) is 11.1. The molecule has 12 N–H and O–H groups in total. The molecule has 4 atom stereocenters. The molecule has 680 valence electrons. The molecule has 0 saturated heterocycles. The number of nitrogens with zero attached hydrogens (tertiary/aromatic N) is 24. The maximum Gasteiger partial charge on any atom is 0.266 e. The number of hydrogen-bond acceptors (Lipinski definition) is 36. The van der Waals surface area contributed by atoms with Crippen molar-refractivity contribution in [3.05, 3.63) is 270 Å². The molecular formula is C91H87F3N32O8. The summed E-state index contributed by atoms with van der Waals surface area (Å²) in [6, 6.07) is 34.6. The maximum atomic E-state index is 14.9. The molecule has 12 aromatic heterocycles. The van der Waals surface area contributed by atoms with Gasteiger partial charge in [0.25, 0.3) is 45.8 Å². The van der Waals surface area contributed by atoms with Gasteiger partial charge in [-0.2, -0.15) is 15.0 Å². The van der Waals surface area contributed by atoms with Gasteiger partial charge in [0.05, 0.1) is 73.8 Å². The quantitative estimate of drug-likeness (QED) is 0.0278. The molecule has 0 unspecified atom stereocenters. The Balaban J connectivity index is 0.000000124. The van der Waals surface area contributed by atoms with Crippen molar-refractivity contribution >= 4 is 90.2 Å². The third-order valence-electron chi connectivity index (χ3n) is 22.3. The lowest BCUT2D eigenvalue weighted by Gasteiger charge is -2.23. The van der Waals surface area contributed by atoms with Gasteiger partial charge in [-0.1, -0.05) is 110 Å². The monoisotopic (exact) mass is 1810 g/mol. The first kappa shape index (κ1) is 89.0. The Labute approximate surface area is 757 Å². The second kappa shape index (κ2) is 37.9. The lowest BCUT2D eigenvalue weighted by atomic mass is 10.1. The van der Waals surface area contributed by atoms with E-state index in [0.717, 1.165) is 31.2 Å². The Morgan fingerprint density at radius 1 is 0.366 bits per heavy atom. The van der Waals surface area contributed by atoms with Crippen LogP contribution in [0.3, 0.4) is 0 Å². The number of nitrogen functional groups attached to an aromatic ring is 4. The molecular weight excluding hydrogens is 1730 g/mol. The topological polar surface area (TPSA) is 551 Å². The molecule has 20 rings (SSSR count). The smallest absolute Gasteiger partial charge is 0.266 e. The average molecular weight is 1810 g/mol. The predicted octanol–water partition coefficient (Wildman–Crippen LogP) is 14.1. The molecule has 18 aromatic rings. The number of rotatable bonds is 24. The summed E-state index contributed by atoms with van der Waals surface area (Å²) in [6.45, 7) is 16.5. The Hall–Kier alpha value is -17.1. The number of anilines is 8. The highest BCUT2D eigenvalue weighted by Gasteiger charge is 2.36. The van der Waals surface area contributed by atoms with Gasteiger partial charge in [-0.3, -0.25) is 37.4 Å². The van der Waals surface area contributed by atoms with Crippen LogP contribution in [-0.2, 0) is 0 Å². The van der Waals surface area contributed by atoms with Crippen molar-refractivity contribution in [2.75, 3.05) is 44.2 Å². The summed E-state index contributed by atoms with van der Waals surface area (Å²) in [5, 5.41) is 34.1. The molecule has 12 heterocycles. The molecule has 2 saturated carbocycles. The number of aromatic nitrogens is 24. The zero-order chi connectivity index (χ0) is 93.9. The minimum absolute atomic E-state index is 0.000742. The lowest BCUT2D eigenvalue weighted by molar-refractivity contribution is 0.425. The van der Waals surface area contributed by atoms with Crippen molar-refractivity contribution < 1.29 is 31.2 Å². The van der Waals surface area contributed by atoms with E-state index >= 15 is 0 Å². The maximum absolute atomic E-state index is 14.9. The number of hydrogen-bond donors (Lipinski definition) is 8. The van der Waals surface area contributed by atoms with Crippen LogP contribution in [0, 0.1) is 52.1 Å². The first-order chi connectivity index (χ1) is 64.9. The molecule has 40 nitrogen and oxygen atoms in total. The van der Waals surface area contributed by atoms with E-state index in [4.69, 9.17) is 55.9 Å². The molecule has 2 aliphatic carbocycles. The van der Waals surface area contributed by atoms with Crippen molar-refractivity contribution in [2.24, 2.45) is 0 Å². The summed E-state index contributed by atoms with van der Waals surface area (Å²) >= 11 is 0. The number of aryl methyl sites for hydroxylation is 5. The molecule has 0 amide bonds. The van der Waals surface area contributed by atoms with Crippen LogP contribution in [0.25, 0.3) is 101 Å². The Morgan fingerprint density at radius 3 is 1.05 bits per heavy atom. The van der Waals surface area contributed by atoms with E-state index < -0.39 is 35.6 Å². The molecule has 43 heteroatoms. The highest BCUT2D eigenvalue weighted by atomic mass is 19.1. The van der Waals surface area contributed by atoms with Crippen LogP contribution in [0.4, 0.5) is 59.7 Å².